The third-order valence-corrected chi connectivity index (χ3v) is 2.54. The van der Waals surface area contributed by atoms with Crippen molar-refractivity contribution in [3.63, 3.8) is 0 Å². The SMILES string of the molecule is Cn1cc(/C=C/C(=O)NCCCCCCO)cn1. The van der Waals surface area contributed by atoms with Crippen LogP contribution < -0.4 is 5.32 Å². The minimum Gasteiger partial charge on any atom is -0.396 e. The Bertz CT molecular complexity index is 385. The number of unbranched alkanes of at least 4 members (excludes halogenated alkanes) is 3. The highest BCUT2D eigenvalue weighted by molar-refractivity contribution is 5.91. The first-order valence-electron chi connectivity index (χ1n) is 6.28. The van der Waals surface area contributed by atoms with Gasteiger partial charge >= 0.3 is 0 Å². The molecule has 100 valence electrons. The summed E-state index contributed by atoms with van der Waals surface area (Å²) in [6.07, 6.45) is 10.7. The minimum atomic E-state index is -0.0824. The highest BCUT2D eigenvalue weighted by Gasteiger charge is 1.96. The van der Waals surface area contributed by atoms with Gasteiger partial charge in [0, 0.05) is 38.0 Å². The molecule has 0 spiro atoms. The molecule has 1 heterocycles. The Hall–Kier alpha value is -1.62. The van der Waals surface area contributed by atoms with Crippen LogP contribution in [0.5, 0.6) is 0 Å². The molecule has 1 amide bonds. The average molecular weight is 251 g/mol. The topological polar surface area (TPSA) is 67.2 Å². The number of carbonyl (C=O) groups excluding carboxylic acids is 1. The van der Waals surface area contributed by atoms with Crippen LogP contribution in [0, 0.1) is 0 Å². The minimum absolute atomic E-state index is 0.0824. The third-order valence-electron chi connectivity index (χ3n) is 2.54. The van der Waals surface area contributed by atoms with Crippen LogP contribution in [0.1, 0.15) is 31.2 Å². The average Bonchev–Trinajstić information content (AvgIpc) is 2.77. The van der Waals surface area contributed by atoms with Crippen molar-refractivity contribution < 1.29 is 9.90 Å². The summed E-state index contributed by atoms with van der Waals surface area (Å²) in [7, 11) is 1.84. The van der Waals surface area contributed by atoms with Crippen LogP contribution in [-0.4, -0.2) is 33.9 Å². The number of amides is 1. The number of nitrogens with one attached hydrogen (secondary N) is 1. The summed E-state index contributed by atoms with van der Waals surface area (Å²) in [5.41, 5.74) is 0.913. The van der Waals surface area contributed by atoms with Gasteiger partial charge in [0.15, 0.2) is 0 Å². The van der Waals surface area contributed by atoms with E-state index >= 15 is 0 Å². The Morgan fingerprint density at radius 1 is 1.44 bits per heavy atom. The normalized spacial score (nSPS) is 11.0. The molecule has 0 unspecified atom stereocenters. The van der Waals surface area contributed by atoms with Crippen LogP contribution in [0.4, 0.5) is 0 Å². The van der Waals surface area contributed by atoms with Crippen LogP contribution in [-0.2, 0) is 11.8 Å². The fraction of sp³-hybridized carbons (Fsp3) is 0.538. The van der Waals surface area contributed by atoms with Gasteiger partial charge in [0.2, 0.25) is 5.91 Å². The lowest BCUT2D eigenvalue weighted by Gasteiger charge is -2.01. The lowest BCUT2D eigenvalue weighted by atomic mass is 10.2. The van der Waals surface area contributed by atoms with E-state index < -0.39 is 0 Å². The fourth-order valence-corrected chi connectivity index (χ4v) is 1.56. The first-order valence-corrected chi connectivity index (χ1v) is 6.28. The molecule has 18 heavy (non-hydrogen) atoms. The second kappa shape index (κ2) is 8.47. The predicted octanol–water partition coefficient (Wildman–Crippen LogP) is 1.10. The second-order valence-electron chi connectivity index (χ2n) is 4.21. The molecule has 1 aromatic heterocycles. The van der Waals surface area contributed by atoms with Gasteiger partial charge in [-0.05, 0) is 18.9 Å². The van der Waals surface area contributed by atoms with Crippen molar-refractivity contribution in [2.45, 2.75) is 25.7 Å². The zero-order valence-corrected chi connectivity index (χ0v) is 10.8. The van der Waals surface area contributed by atoms with Crippen molar-refractivity contribution >= 4 is 12.0 Å². The van der Waals surface area contributed by atoms with Crippen molar-refractivity contribution in [3.8, 4) is 0 Å². The maximum absolute atomic E-state index is 11.4. The second-order valence-corrected chi connectivity index (χ2v) is 4.21. The van der Waals surface area contributed by atoms with E-state index in [1.807, 2.05) is 13.2 Å². The van der Waals surface area contributed by atoms with Gasteiger partial charge in [-0.1, -0.05) is 12.8 Å². The predicted molar refractivity (Wildman–Crippen MR) is 70.8 cm³/mol. The molecule has 0 radical (unpaired) electrons. The van der Waals surface area contributed by atoms with Gasteiger partial charge in [-0.15, -0.1) is 0 Å². The van der Waals surface area contributed by atoms with Crippen LogP contribution >= 0.6 is 0 Å². The van der Waals surface area contributed by atoms with E-state index in [1.165, 1.54) is 6.08 Å². The molecule has 0 aliphatic carbocycles. The molecule has 0 atom stereocenters. The van der Waals surface area contributed by atoms with Gasteiger partial charge in [0.05, 0.1) is 6.20 Å². The monoisotopic (exact) mass is 251 g/mol. The summed E-state index contributed by atoms with van der Waals surface area (Å²) in [5, 5.41) is 15.4. The largest absolute Gasteiger partial charge is 0.396 e. The summed E-state index contributed by atoms with van der Waals surface area (Å²) in [5.74, 6) is -0.0824. The van der Waals surface area contributed by atoms with E-state index in [0.29, 0.717) is 6.54 Å². The van der Waals surface area contributed by atoms with E-state index in [9.17, 15) is 4.79 Å². The molecule has 0 saturated heterocycles. The summed E-state index contributed by atoms with van der Waals surface area (Å²) < 4.78 is 1.69. The molecule has 0 fully saturated rings. The number of rotatable bonds is 8. The van der Waals surface area contributed by atoms with Crippen LogP contribution in [0.15, 0.2) is 18.5 Å². The summed E-state index contributed by atoms with van der Waals surface area (Å²) in [4.78, 5) is 11.4. The van der Waals surface area contributed by atoms with E-state index in [4.69, 9.17) is 5.11 Å². The third kappa shape index (κ3) is 6.20. The first-order chi connectivity index (χ1) is 8.72. The van der Waals surface area contributed by atoms with Gasteiger partial charge in [0.1, 0.15) is 0 Å². The van der Waals surface area contributed by atoms with Gasteiger partial charge in [-0.25, -0.2) is 0 Å². The molecule has 1 rings (SSSR count). The Morgan fingerprint density at radius 3 is 2.89 bits per heavy atom. The van der Waals surface area contributed by atoms with Crippen molar-refractivity contribution in [1.82, 2.24) is 15.1 Å². The standard InChI is InChI=1S/C13H21N3O2/c1-16-11-12(10-15-16)6-7-13(18)14-8-4-2-3-5-9-17/h6-7,10-11,17H,2-5,8-9H2,1H3,(H,14,18)/b7-6+. The zero-order chi connectivity index (χ0) is 13.2. The molecule has 0 saturated carbocycles. The summed E-state index contributed by atoms with van der Waals surface area (Å²) >= 11 is 0. The first kappa shape index (κ1) is 14.4. The Kier molecular flexibility index (Phi) is 6.79. The molecule has 5 nitrogen and oxygen atoms in total. The van der Waals surface area contributed by atoms with Gasteiger partial charge < -0.3 is 10.4 Å². The van der Waals surface area contributed by atoms with E-state index in [0.717, 1.165) is 31.2 Å². The Morgan fingerprint density at radius 2 is 2.22 bits per heavy atom. The number of nitrogens with zero attached hydrogens (tertiary/aromatic N) is 2. The van der Waals surface area contributed by atoms with Crippen molar-refractivity contribution in [1.29, 1.82) is 0 Å². The van der Waals surface area contributed by atoms with Crippen molar-refractivity contribution in [2.75, 3.05) is 13.2 Å². The molecule has 2 N–H and O–H groups in total. The molecule has 0 bridgehead atoms. The highest BCUT2D eigenvalue weighted by Crippen LogP contribution is 1.99. The molecule has 0 aliphatic rings. The van der Waals surface area contributed by atoms with Crippen molar-refractivity contribution in [2.24, 2.45) is 7.05 Å². The molecule has 0 aliphatic heterocycles. The fourth-order valence-electron chi connectivity index (χ4n) is 1.56. The van der Waals surface area contributed by atoms with Crippen LogP contribution in [0.25, 0.3) is 6.08 Å². The van der Waals surface area contributed by atoms with Crippen molar-refractivity contribution in [3.05, 3.63) is 24.0 Å². The summed E-state index contributed by atoms with van der Waals surface area (Å²) in [6.45, 7) is 0.932. The number of hydrogen-bond donors (Lipinski definition) is 2. The molecular formula is C13H21N3O2. The molecular weight excluding hydrogens is 230 g/mol. The maximum Gasteiger partial charge on any atom is 0.244 e. The number of hydrogen-bond acceptors (Lipinski definition) is 3. The smallest absolute Gasteiger partial charge is 0.244 e. The van der Waals surface area contributed by atoms with Gasteiger partial charge in [-0.3, -0.25) is 9.48 Å². The highest BCUT2D eigenvalue weighted by atomic mass is 16.2. The van der Waals surface area contributed by atoms with E-state index in [2.05, 4.69) is 10.4 Å². The van der Waals surface area contributed by atoms with E-state index in [1.54, 1.807) is 17.0 Å². The quantitative estimate of drug-likeness (QED) is 0.537. The molecule has 0 aromatic carbocycles. The molecule has 5 heteroatoms. The zero-order valence-electron chi connectivity index (χ0n) is 10.8. The number of aliphatic hydroxyl groups excluding tert-OH is 1. The van der Waals surface area contributed by atoms with Crippen LogP contribution in [0.2, 0.25) is 0 Å². The van der Waals surface area contributed by atoms with Gasteiger partial charge in [-0.2, -0.15) is 5.10 Å². The van der Waals surface area contributed by atoms with Crippen LogP contribution in [0.3, 0.4) is 0 Å². The Balaban J connectivity index is 2.12. The maximum atomic E-state index is 11.4. The van der Waals surface area contributed by atoms with E-state index in [-0.39, 0.29) is 12.5 Å². The number of aryl methyl sites for hydroxylation is 1. The number of aliphatic hydroxyl groups is 1. The lowest BCUT2D eigenvalue weighted by molar-refractivity contribution is -0.116. The van der Waals surface area contributed by atoms with Gasteiger partial charge in [0.25, 0.3) is 0 Å². The number of carbonyl (C=O) groups is 1. The molecule has 1 aromatic rings. The Labute approximate surface area is 108 Å². The lowest BCUT2D eigenvalue weighted by Crippen LogP contribution is -2.21. The summed E-state index contributed by atoms with van der Waals surface area (Å²) in [6, 6.07) is 0. The number of aromatic nitrogens is 2.